The van der Waals surface area contributed by atoms with Gasteiger partial charge in [0.25, 0.3) is 0 Å². The lowest BCUT2D eigenvalue weighted by molar-refractivity contribution is 0.417. The van der Waals surface area contributed by atoms with Crippen LogP contribution < -0.4 is 11.1 Å². The topological polar surface area (TPSA) is 38.0 Å². The van der Waals surface area contributed by atoms with Crippen LogP contribution in [0.15, 0.2) is 48.5 Å². The predicted octanol–water partition coefficient (Wildman–Crippen LogP) is 3.43. The molecule has 2 aromatic rings. The molecule has 0 spiro atoms. The fraction of sp³-hybridized carbons (Fsp3) is 0.294. The first kappa shape index (κ1) is 13.1. The molecule has 0 heterocycles. The van der Waals surface area contributed by atoms with E-state index >= 15 is 0 Å². The standard InChI is InChI=1S/C17H19FN2/c18-14-7-3-8-15(11-14)20-17(12-19)10-4-6-13-5-1-2-9-16(13)17/h1-3,5,7-9,11,20H,4,6,10,12,19H2. The van der Waals surface area contributed by atoms with Gasteiger partial charge in [0.05, 0.1) is 5.54 Å². The maximum atomic E-state index is 13.4. The number of aryl methyl sites for hydroxylation is 1. The van der Waals surface area contributed by atoms with Crippen LogP contribution in [0.25, 0.3) is 0 Å². The number of hydrogen-bond donors (Lipinski definition) is 2. The number of anilines is 1. The highest BCUT2D eigenvalue weighted by Crippen LogP contribution is 2.37. The number of benzene rings is 2. The largest absolute Gasteiger partial charge is 0.374 e. The minimum Gasteiger partial charge on any atom is -0.374 e. The Balaban J connectivity index is 2.00. The normalized spacial score (nSPS) is 21.3. The minimum atomic E-state index is -0.289. The molecule has 0 radical (unpaired) electrons. The van der Waals surface area contributed by atoms with Crippen molar-refractivity contribution in [3.63, 3.8) is 0 Å². The molecular weight excluding hydrogens is 251 g/mol. The molecule has 0 saturated heterocycles. The molecule has 0 saturated carbocycles. The third-order valence-electron chi connectivity index (χ3n) is 4.14. The van der Waals surface area contributed by atoms with Crippen molar-refractivity contribution >= 4 is 5.69 Å². The summed E-state index contributed by atoms with van der Waals surface area (Å²) in [4.78, 5) is 0. The molecule has 20 heavy (non-hydrogen) atoms. The maximum absolute atomic E-state index is 13.4. The molecule has 1 atom stereocenters. The van der Waals surface area contributed by atoms with E-state index < -0.39 is 0 Å². The van der Waals surface area contributed by atoms with Gasteiger partial charge < -0.3 is 11.1 Å². The fourth-order valence-corrected chi connectivity index (χ4v) is 3.16. The van der Waals surface area contributed by atoms with Gasteiger partial charge >= 0.3 is 0 Å². The van der Waals surface area contributed by atoms with E-state index in [4.69, 9.17) is 5.73 Å². The first-order valence-electron chi connectivity index (χ1n) is 7.06. The molecule has 0 aromatic heterocycles. The first-order chi connectivity index (χ1) is 9.73. The Bertz CT molecular complexity index is 611. The highest BCUT2D eigenvalue weighted by molar-refractivity contribution is 5.50. The Morgan fingerprint density at radius 1 is 1.15 bits per heavy atom. The Hall–Kier alpha value is -1.87. The Kier molecular flexibility index (Phi) is 3.45. The summed E-state index contributed by atoms with van der Waals surface area (Å²) in [6.45, 7) is 0.501. The van der Waals surface area contributed by atoms with Crippen LogP contribution in [0.2, 0.25) is 0 Å². The van der Waals surface area contributed by atoms with Gasteiger partial charge in [-0.15, -0.1) is 0 Å². The monoisotopic (exact) mass is 270 g/mol. The van der Waals surface area contributed by atoms with Gasteiger partial charge in [-0.05, 0) is 48.6 Å². The second-order valence-corrected chi connectivity index (χ2v) is 5.43. The van der Waals surface area contributed by atoms with Crippen molar-refractivity contribution < 1.29 is 4.39 Å². The summed E-state index contributed by atoms with van der Waals surface area (Å²) in [7, 11) is 0. The van der Waals surface area contributed by atoms with E-state index in [2.05, 4.69) is 23.5 Å². The van der Waals surface area contributed by atoms with E-state index in [1.165, 1.54) is 23.3 Å². The van der Waals surface area contributed by atoms with Crippen molar-refractivity contribution in [2.75, 3.05) is 11.9 Å². The van der Waals surface area contributed by atoms with Crippen LogP contribution in [-0.2, 0) is 12.0 Å². The highest BCUT2D eigenvalue weighted by Gasteiger charge is 2.35. The van der Waals surface area contributed by atoms with Gasteiger partial charge in [-0.3, -0.25) is 0 Å². The van der Waals surface area contributed by atoms with Crippen LogP contribution in [0.4, 0.5) is 10.1 Å². The van der Waals surface area contributed by atoms with E-state index in [1.54, 1.807) is 6.07 Å². The van der Waals surface area contributed by atoms with Crippen molar-refractivity contribution in [2.24, 2.45) is 5.73 Å². The lowest BCUT2D eigenvalue weighted by atomic mass is 9.76. The van der Waals surface area contributed by atoms with Crippen molar-refractivity contribution in [3.05, 3.63) is 65.5 Å². The van der Waals surface area contributed by atoms with Gasteiger partial charge in [0.15, 0.2) is 0 Å². The molecule has 1 aliphatic rings. The SMILES string of the molecule is NCC1(Nc2cccc(F)c2)CCCc2ccccc21. The summed E-state index contributed by atoms with van der Waals surface area (Å²) in [5, 5.41) is 3.48. The molecule has 3 rings (SSSR count). The smallest absolute Gasteiger partial charge is 0.125 e. The summed E-state index contributed by atoms with van der Waals surface area (Å²) in [5.74, 6) is -0.230. The van der Waals surface area contributed by atoms with E-state index in [0.717, 1.165) is 24.9 Å². The molecule has 2 nitrogen and oxygen atoms in total. The second-order valence-electron chi connectivity index (χ2n) is 5.43. The predicted molar refractivity (Wildman–Crippen MR) is 80.1 cm³/mol. The van der Waals surface area contributed by atoms with Crippen molar-refractivity contribution in [1.29, 1.82) is 0 Å². The van der Waals surface area contributed by atoms with E-state index in [-0.39, 0.29) is 11.4 Å². The third kappa shape index (κ3) is 2.29. The zero-order valence-corrected chi connectivity index (χ0v) is 11.4. The van der Waals surface area contributed by atoms with E-state index in [9.17, 15) is 4.39 Å². The Morgan fingerprint density at radius 2 is 2.00 bits per heavy atom. The molecule has 1 unspecified atom stereocenters. The van der Waals surface area contributed by atoms with E-state index in [1.807, 2.05) is 12.1 Å². The van der Waals surface area contributed by atoms with Crippen LogP contribution in [0, 0.1) is 5.82 Å². The van der Waals surface area contributed by atoms with Crippen molar-refractivity contribution in [3.8, 4) is 0 Å². The van der Waals surface area contributed by atoms with Crippen LogP contribution in [0.1, 0.15) is 24.0 Å². The molecule has 3 heteroatoms. The number of nitrogens with one attached hydrogen (secondary N) is 1. The maximum Gasteiger partial charge on any atom is 0.125 e. The number of rotatable bonds is 3. The van der Waals surface area contributed by atoms with Crippen LogP contribution >= 0.6 is 0 Å². The lowest BCUT2D eigenvalue weighted by Crippen LogP contribution is -2.45. The summed E-state index contributed by atoms with van der Waals surface area (Å²) in [6, 6.07) is 15.0. The van der Waals surface area contributed by atoms with Gasteiger partial charge in [0, 0.05) is 12.2 Å². The lowest BCUT2D eigenvalue weighted by Gasteiger charge is -2.40. The van der Waals surface area contributed by atoms with Crippen LogP contribution in [0.5, 0.6) is 0 Å². The molecule has 0 bridgehead atoms. The fourth-order valence-electron chi connectivity index (χ4n) is 3.16. The quantitative estimate of drug-likeness (QED) is 0.896. The average Bonchev–Trinajstić information content (AvgIpc) is 2.47. The minimum absolute atomic E-state index is 0.230. The molecule has 2 aromatic carbocycles. The summed E-state index contributed by atoms with van der Waals surface area (Å²) in [6.07, 6.45) is 3.15. The molecule has 1 aliphatic carbocycles. The molecule has 0 fully saturated rings. The van der Waals surface area contributed by atoms with Gasteiger partial charge in [0.2, 0.25) is 0 Å². The summed E-state index contributed by atoms with van der Waals surface area (Å²) in [5.41, 5.74) is 9.17. The average molecular weight is 270 g/mol. The third-order valence-corrected chi connectivity index (χ3v) is 4.14. The number of nitrogens with two attached hydrogens (primary N) is 1. The van der Waals surface area contributed by atoms with Crippen molar-refractivity contribution in [2.45, 2.75) is 24.8 Å². The second kappa shape index (κ2) is 5.25. The van der Waals surface area contributed by atoms with Crippen molar-refractivity contribution in [1.82, 2.24) is 0 Å². The van der Waals surface area contributed by atoms with E-state index in [0.29, 0.717) is 6.54 Å². The van der Waals surface area contributed by atoms with Gasteiger partial charge in [-0.1, -0.05) is 30.3 Å². The molecule has 104 valence electrons. The molecular formula is C17H19FN2. The number of fused-ring (bicyclic) bond motifs is 1. The Morgan fingerprint density at radius 3 is 2.80 bits per heavy atom. The van der Waals surface area contributed by atoms with Gasteiger partial charge in [0.1, 0.15) is 5.82 Å². The highest BCUT2D eigenvalue weighted by atomic mass is 19.1. The summed E-state index contributed by atoms with van der Waals surface area (Å²) < 4.78 is 13.4. The molecule has 0 amide bonds. The zero-order chi connectivity index (χ0) is 14.0. The van der Waals surface area contributed by atoms with Gasteiger partial charge in [-0.25, -0.2) is 4.39 Å². The Labute approximate surface area is 118 Å². The molecule has 3 N–H and O–H groups in total. The number of hydrogen-bond acceptors (Lipinski definition) is 2. The van der Waals surface area contributed by atoms with Crippen LogP contribution in [-0.4, -0.2) is 6.54 Å². The molecule has 0 aliphatic heterocycles. The zero-order valence-electron chi connectivity index (χ0n) is 11.4. The van der Waals surface area contributed by atoms with Crippen LogP contribution in [0.3, 0.4) is 0 Å². The number of halogens is 1. The van der Waals surface area contributed by atoms with Gasteiger partial charge in [-0.2, -0.15) is 0 Å². The summed E-state index contributed by atoms with van der Waals surface area (Å²) >= 11 is 0. The first-order valence-corrected chi connectivity index (χ1v) is 7.06.